The van der Waals surface area contributed by atoms with E-state index in [9.17, 15) is 4.79 Å². The van der Waals surface area contributed by atoms with Gasteiger partial charge in [0.1, 0.15) is 6.21 Å². The van der Waals surface area contributed by atoms with Crippen molar-refractivity contribution in [1.82, 2.24) is 0 Å². The lowest BCUT2D eigenvalue weighted by atomic mass is 9.92. The summed E-state index contributed by atoms with van der Waals surface area (Å²) in [7, 11) is 0. The smallest absolute Gasteiger partial charge is 0.348 e. The minimum Gasteiger partial charge on any atom is -0.462 e. The van der Waals surface area contributed by atoms with Crippen molar-refractivity contribution in [2.75, 3.05) is 13.2 Å². The maximum atomic E-state index is 11.1. The van der Waals surface area contributed by atoms with E-state index in [4.69, 9.17) is 4.74 Å². The van der Waals surface area contributed by atoms with E-state index in [-0.39, 0.29) is 5.97 Å². The largest absolute Gasteiger partial charge is 0.462 e. The first-order valence-electron chi connectivity index (χ1n) is 8.41. The molecule has 0 saturated carbocycles. The van der Waals surface area contributed by atoms with Crippen LogP contribution in [-0.2, 0) is 9.53 Å². The Labute approximate surface area is 125 Å². The zero-order chi connectivity index (χ0) is 15.1. The van der Waals surface area contributed by atoms with Gasteiger partial charge in [-0.2, -0.15) is 0 Å². The first-order chi connectivity index (χ1) is 9.74. The maximum absolute atomic E-state index is 11.1. The van der Waals surface area contributed by atoms with Crippen LogP contribution in [-0.4, -0.2) is 25.3 Å². The normalized spacial score (nSPS) is 11.4. The minimum atomic E-state index is -0.319. The number of hydrogen-bond acceptors (Lipinski definition) is 3. The summed E-state index contributed by atoms with van der Waals surface area (Å²) in [6.45, 7) is 7.47. The molecule has 0 aliphatic rings. The number of unbranched alkanes of at least 4 members (excludes halogenated alkanes) is 4. The van der Waals surface area contributed by atoms with Crippen LogP contribution in [0.2, 0.25) is 0 Å². The molecule has 0 N–H and O–H groups in total. The zero-order valence-electron chi connectivity index (χ0n) is 13.7. The molecule has 0 aromatic heterocycles. The van der Waals surface area contributed by atoms with Gasteiger partial charge < -0.3 is 4.74 Å². The lowest BCUT2D eigenvalue weighted by Gasteiger charge is -2.15. The van der Waals surface area contributed by atoms with Crippen LogP contribution in [0, 0.1) is 5.92 Å². The first-order valence-corrected chi connectivity index (χ1v) is 8.41. The molecule has 0 radical (unpaired) electrons. The van der Waals surface area contributed by atoms with Crippen LogP contribution in [0.4, 0.5) is 0 Å². The van der Waals surface area contributed by atoms with Gasteiger partial charge in [0.25, 0.3) is 0 Å². The third-order valence-corrected chi connectivity index (χ3v) is 3.58. The number of carbonyl (C=O) groups excluding carboxylic acids is 1. The van der Waals surface area contributed by atoms with E-state index in [0.29, 0.717) is 6.61 Å². The van der Waals surface area contributed by atoms with Crippen LogP contribution in [0.5, 0.6) is 0 Å². The Morgan fingerprint density at radius 1 is 1.00 bits per heavy atom. The molecule has 0 aliphatic carbocycles. The second-order valence-electron chi connectivity index (χ2n) is 5.43. The Balaban J connectivity index is 3.90. The highest BCUT2D eigenvalue weighted by atomic mass is 16.5. The molecule has 0 unspecified atom stereocenters. The molecular weight excluding hydrogens is 250 g/mol. The Kier molecular flexibility index (Phi) is 13.9. The molecule has 0 aliphatic heterocycles. The second kappa shape index (κ2) is 14.5. The van der Waals surface area contributed by atoms with Crippen molar-refractivity contribution in [2.45, 2.75) is 78.6 Å². The van der Waals surface area contributed by atoms with Crippen LogP contribution < -0.4 is 0 Å². The fraction of sp³-hybridized carbons (Fsp3) is 0.882. The minimum absolute atomic E-state index is 0.319. The van der Waals surface area contributed by atoms with Gasteiger partial charge in [0, 0.05) is 6.54 Å². The molecule has 3 nitrogen and oxygen atoms in total. The zero-order valence-corrected chi connectivity index (χ0v) is 13.7. The number of nitrogens with zero attached hydrogens (tertiary/aromatic N) is 1. The van der Waals surface area contributed by atoms with Crippen LogP contribution >= 0.6 is 0 Å². The fourth-order valence-corrected chi connectivity index (χ4v) is 2.37. The van der Waals surface area contributed by atoms with Crippen molar-refractivity contribution < 1.29 is 9.53 Å². The highest BCUT2D eigenvalue weighted by Gasteiger charge is 2.07. The van der Waals surface area contributed by atoms with Crippen LogP contribution in [0.3, 0.4) is 0 Å². The molecule has 0 amide bonds. The monoisotopic (exact) mass is 283 g/mol. The summed E-state index contributed by atoms with van der Waals surface area (Å²) in [5.74, 6) is 0.452. The summed E-state index contributed by atoms with van der Waals surface area (Å²) >= 11 is 0. The van der Waals surface area contributed by atoms with Gasteiger partial charge in [-0.1, -0.05) is 65.2 Å². The van der Waals surface area contributed by atoms with Crippen molar-refractivity contribution in [3.8, 4) is 0 Å². The molecule has 0 spiro atoms. The van der Waals surface area contributed by atoms with Crippen molar-refractivity contribution in [3.05, 3.63) is 0 Å². The number of esters is 1. The molecule has 0 heterocycles. The summed E-state index contributed by atoms with van der Waals surface area (Å²) in [4.78, 5) is 15.3. The topological polar surface area (TPSA) is 38.7 Å². The third-order valence-electron chi connectivity index (χ3n) is 3.58. The average Bonchev–Trinajstić information content (AvgIpc) is 2.43. The van der Waals surface area contributed by atoms with Gasteiger partial charge in [0.15, 0.2) is 0 Å². The van der Waals surface area contributed by atoms with Gasteiger partial charge in [-0.25, -0.2) is 4.79 Å². The summed E-state index contributed by atoms with van der Waals surface area (Å²) in [5, 5.41) is 0. The standard InChI is InChI=1S/C17H33NO2/c1-4-7-9-11-16(12-10-8-5-2)13-14-18-15-17(19)20-6-3/h15-16H,4-14H2,1-3H3. The van der Waals surface area contributed by atoms with Gasteiger partial charge in [0.2, 0.25) is 0 Å². The molecule has 3 heteroatoms. The quantitative estimate of drug-likeness (QED) is 0.277. The summed E-state index contributed by atoms with van der Waals surface area (Å²) in [5.41, 5.74) is 0. The summed E-state index contributed by atoms with van der Waals surface area (Å²) in [6, 6.07) is 0. The van der Waals surface area contributed by atoms with Gasteiger partial charge in [-0.15, -0.1) is 0 Å². The second-order valence-corrected chi connectivity index (χ2v) is 5.43. The number of carbonyl (C=O) groups is 1. The highest BCUT2D eigenvalue weighted by Crippen LogP contribution is 2.20. The fourth-order valence-electron chi connectivity index (χ4n) is 2.37. The molecule has 0 aromatic carbocycles. The Bertz CT molecular complexity index is 241. The van der Waals surface area contributed by atoms with E-state index in [1.165, 1.54) is 57.6 Å². The lowest BCUT2D eigenvalue weighted by molar-refractivity contribution is -0.134. The Hall–Kier alpha value is -0.860. The molecule has 0 aromatic rings. The van der Waals surface area contributed by atoms with Crippen LogP contribution in [0.25, 0.3) is 0 Å². The molecule has 0 saturated heterocycles. The molecule has 118 valence electrons. The number of ether oxygens (including phenoxy) is 1. The van der Waals surface area contributed by atoms with Crippen molar-refractivity contribution in [3.63, 3.8) is 0 Å². The Morgan fingerprint density at radius 3 is 2.10 bits per heavy atom. The molecule has 0 atom stereocenters. The van der Waals surface area contributed by atoms with Crippen molar-refractivity contribution in [2.24, 2.45) is 10.9 Å². The third kappa shape index (κ3) is 12.2. The van der Waals surface area contributed by atoms with E-state index in [0.717, 1.165) is 18.9 Å². The molecule has 0 fully saturated rings. The van der Waals surface area contributed by atoms with Crippen molar-refractivity contribution in [1.29, 1.82) is 0 Å². The molecule has 0 bridgehead atoms. The van der Waals surface area contributed by atoms with Gasteiger partial charge >= 0.3 is 5.97 Å². The van der Waals surface area contributed by atoms with Gasteiger partial charge in [0.05, 0.1) is 6.61 Å². The first kappa shape index (κ1) is 19.1. The van der Waals surface area contributed by atoms with Gasteiger partial charge in [-0.3, -0.25) is 4.99 Å². The van der Waals surface area contributed by atoms with E-state index in [1.807, 2.05) is 6.92 Å². The average molecular weight is 283 g/mol. The lowest BCUT2D eigenvalue weighted by Crippen LogP contribution is -2.07. The molecule has 0 rings (SSSR count). The molecular formula is C17H33NO2. The van der Waals surface area contributed by atoms with Crippen LogP contribution in [0.15, 0.2) is 4.99 Å². The molecule has 20 heavy (non-hydrogen) atoms. The maximum Gasteiger partial charge on any atom is 0.348 e. The summed E-state index contributed by atoms with van der Waals surface area (Å²) in [6.07, 6.45) is 12.9. The van der Waals surface area contributed by atoms with E-state index < -0.39 is 0 Å². The predicted octanol–water partition coefficient (Wildman–Crippen LogP) is 4.79. The van der Waals surface area contributed by atoms with Crippen LogP contribution in [0.1, 0.15) is 78.6 Å². The summed E-state index contributed by atoms with van der Waals surface area (Å²) < 4.78 is 4.82. The van der Waals surface area contributed by atoms with E-state index in [2.05, 4.69) is 18.8 Å². The van der Waals surface area contributed by atoms with E-state index >= 15 is 0 Å². The highest BCUT2D eigenvalue weighted by molar-refractivity contribution is 6.23. The van der Waals surface area contributed by atoms with Crippen molar-refractivity contribution >= 4 is 12.2 Å². The van der Waals surface area contributed by atoms with Gasteiger partial charge in [-0.05, 0) is 19.3 Å². The Morgan fingerprint density at radius 2 is 1.60 bits per heavy atom. The predicted molar refractivity (Wildman–Crippen MR) is 86.4 cm³/mol. The number of aliphatic imine (C=N–C) groups is 1. The number of rotatable bonds is 13. The number of hydrogen-bond donors (Lipinski definition) is 0. The SMILES string of the molecule is CCCCCC(CCCCC)CCN=CC(=O)OCC. The van der Waals surface area contributed by atoms with E-state index in [1.54, 1.807) is 0 Å².